The molecule has 3 N–H and O–H groups in total. The van der Waals surface area contributed by atoms with Crippen molar-refractivity contribution >= 4 is 11.8 Å². The van der Waals surface area contributed by atoms with E-state index in [0.717, 1.165) is 18.2 Å². The van der Waals surface area contributed by atoms with Gasteiger partial charge in [-0.15, -0.1) is 0 Å². The van der Waals surface area contributed by atoms with Crippen molar-refractivity contribution in [2.24, 2.45) is 5.73 Å². The number of unbranched alkanes of at least 4 members (excludes halogenated alkanes) is 1. The van der Waals surface area contributed by atoms with Gasteiger partial charge in [-0.05, 0) is 31.0 Å². The number of benzene rings is 1. The molecule has 5 nitrogen and oxygen atoms in total. The molecule has 0 aliphatic heterocycles. The second kappa shape index (κ2) is 7.19. The Morgan fingerprint density at radius 3 is 2.60 bits per heavy atom. The van der Waals surface area contributed by atoms with Crippen molar-refractivity contribution in [3.05, 3.63) is 35.4 Å². The third-order valence-electron chi connectivity index (χ3n) is 2.61. The zero-order valence-corrected chi connectivity index (χ0v) is 10.5. The molecule has 0 radical (unpaired) electrons. The van der Waals surface area contributed by atoms with Gasteiger partial charge in [-0.1, -0.05) is 0 Å². The Balaban J connectivity index is 2.72. The van der Waals surface area contributed by atoms with Gasteiger partial charge < -0.3 is 11.1 Å². The number of carbonyl (C=O) groups excluding carboxylic acids is 2. The van der Waals surface area contributed by atoms with E-state index in [1.807, 2.05) is 6.07 Å². The average Bonchev–Trinajstić information content (AvgIpc) is 2.40. The first-order chi connectivity index (χ1) is 9.45. The Bertz CT molecular complexity index is 555. The van der Waals surface area contributed by atoms with Gasteiger partial charge >= 0.3 is 0 Å². The molecule has 20 heavy (non-hydrogen) atoms. The zero-order chi connectivity index (χ0) is 15.1. The lowest BCUT2D eigenvalue weighted by Crippen LogP contribution is -2.44. The number of nitriles is 1. The lowest BCUT2D eigenvalue weighted by Gasteiger charge is -2.14. The summed E-state index contributed by atoms with van der Waals surface area (Å²) in [5, 5.41) is 10.7. The minimum atomic E-state index is -1.15. The highest BCUT2D eigenvalue weighted by molar-refractivity contribution is 5.97. The summed E-state index contributed by atoms with van der Waals surface area (Å²) in [7, 11) is 0. The van der Waals surface area contributed by atoms with Gasteiger partial charge in [0.05, 0.1) is 6.07 Å². The average molecular weight is 281 g/mol. The Morgan fingerprint density at radius 1 is 1.35 bits per heavy atom. The third-order valence-corrected chi connectivity index (χ3v) is 2.61. The van der Waals surface area contributed by atoms with E-state index in [1.54, 1.807) is 0 Å². The van der Waals surface area contributed by atoms with Crippen LogP contribution in [0, 0.1) is 23.0 Å². The van der Waals surface area contributed by atoms with Gasteiger partial charge in [0.2, 0.25) is 5.91 Å². The van der Waals surface area contributed by atoms with E-state index in [0.29, 0.717) is 6.42 Å². The van der Waals surface area contributed by atoms with Crippen molar-refractivity contribution in [1.82, 2.24) is 5.32 Å². The van der Waals surface area contributed by atoms with Crippen LogP contribution in [0.3, 0.4) is 0 Å². The summed E-state index contributed by atoms with van der Waals surface area (Å²) in [6, 6.07) is 3.60. The molecule has 1 atom stereocenters. The first-order valence-electron chi connectivity index (χ1n) is 5.88. The van der Waals surface area contributed by atoms with Crippen LogP contribution >= 0.6 is 0 Å². The molecule has 106 valence electrons. The summed E-state index contributed by atoms with van der Waals surface area (Å²) in [6.45, 7) is 0. The predicted molar refractivity (Wildman–Crippen MR) is 66.3 cm³/mol. The van der Waals surface area contributed by atoms with Crippen LogP contribution in [0.25, 0.3) is 0 Å². The summed E-state index contributed by atoms with van der Waals surface area (Å²) in [5.74, 6) is -3.71. The van der Waals surface area contributed by atoms with Crippen LogP contribution in [-0.4, -0.2) is 17.9 Å². The maximum Gasteiger partial charge on any atom is 0.252 e. The smallest absolute Gasteiger partial charge is 0.252 e. The number of rotatable bonds is 6. The number of halogens is 2. The quantitative estimate of drug-likeness (QED) is 0.768. The first kappa shape index (κ1) is 15.6. The van der Waals surface area contributed by atoms with E-state index in [9.17, 15) is 18.4 Å². The lowest BCUT2D eigenvalue weighted by molar-refractivity contribution is -0.120. The highest BCUT2D eigenvalue weighted by atomic mass is 19.2. The molecule has 1 rings (SSSR count). The molecule has 0 saturated carbocycles. The summed E-state index contributed by atoms with van der Waals surface area (Å²) in [5.41, 5.74) is 5.01. The van der Waals surface area contributed by atoms with Crippen molar-refractivity contribution in [3.63, 3.8) is 0 Å². The van der Waals surface area contributed by atoms with Crippen molar-refractivity contribution in [2.75, 3.05) is 0 Å². The lowest BCUT2D eigenvalue weighted by atomic mass is 10.1. The van der Waals surface area contributed by atoms with Crippen LogP contribution in [0.2, 0.25) is 0 Å². The Morgan fingerprint density at radius 2 is 2.05 bits per heavy atom. The van der Waals surface area contributed by atoms with Crippen LogP contribution in [-0.2, 0) is 4.79 Å². The fourth-order valence-corrected chi connectivity index (χ4v) is 1.55. The molecule has 1 aromatic rings. The van der Waals surface area contributed by atoms with Gasteiger partial charge in [0.25, 0.3) is 5.91 Å². The third kappa shape index (κ3) is 4.31. The van der Waals surface area contributed by atoms with E-state index in [2.05, 4.69) is 5.32 Å². The number of primary amides is 1. The summed E-state index contributed by atoms with van der Waals surface area (Å²) in [4.78, 5) is 23.0. The highest BCUT2D eigenvalue weighted by Gasteiger charge is 2.19. The van der Waals surface area contributed by atoms with Crippen LogP contribution in [0.4, 0.5) is 8.78 Å². The number of hydrogen-bond donors (Lipinski definition) is 2. The number of nitrogens with two attached hydrogens (primary N) is 1. The number of nitrogens with zero attached hydrogens (tertiary/aromatic N) is 1. The minimum absolute atomic E-state index is 0.115. The van der Waals surface area contributed by atoms with Crippen LogP contribution < -0.4 is 11.1 Å². The zero-order valence-electron chi connectivity index (χ0n) is 10.5. The van der Waals surface area contributed by atoms with Gasteiger partial charge in [0.15, 0.2) is 11.6 Å². The molecule has 0 unspecified atom stereocenters. The van der Waals surface area contributed by atoms with E-state index in [-0.39, 0.29) is 18.4 Å². The Kier molecular flexibility index (Phi) is 5.59. The molecule has 0 spiro atoms. The van der Waals surface area contributed by atoms with Gasteiger partial charge in [0, 0.05) is 12.0 Å². The fraction of sp³-hybridized carbons (Fsp3) is 0.308. The minimum Gasteiger partial charge on any atom is -0.368 e. The second-order valence-corrected chi connectivity index (χ2v) is 4.11. The fourth-order valence-electron chi connectivity index (χ4n) is 1.55. The Hall–Kier alpha value is -2.49. The molecular weight excluding hydrogens is 268 g/mol. The molecule has 7 heteroatoms. The summed E-state index contributed by atoms with van der Waals surface area (Å²) in [6.07, 6.45) is 0.825. The van der Waals surface area contributed by atoms with Crippen molar-refractivity contribution in [1.29, 1.82) is 5.26 Å². The monoisotopic (exact) mass is 281 g/mol. The topological polar surface area (TPSA) is 96.0 Å². The van der Waals surface area contributed by atoms with Crippen LogP contribution in [0.1, 0.15) is 29.6 Å². The predicted octanol–water partition coefficient (Wildman–Crippen LogP) is 1.24. The van der Waals surface area contributed by atoms with Crippen LogP contribution in [0.15, 0.2) is 18.2 Å². The molecule has 0 bridgehead atoms. The van der Waals surface area contributed by atoms with E-state index in [1.165, 1.54) is 0 Å². The van der Waals surface area contributed by atoms with Gasteiger partial charge in [-0.25, -0.2) is 8.78 Å². The molecule has 0 aliphatic rings. The van der Waals surface area contributed by atoms with Crippen molar-refractivity contribution in [2.45, 2.75) is 25.3 Å². The summed E-state index contributed by atoms with van der Waals surface area (Å²) < 4.78 is 25.7. The molecule has 2 amide bonds. The number of hydrogen-bond acceptors (Lipinski definition) is 3. The maximum absolute atomic E-state index is 13.0. The standard InChI is InChI=1S/C13H13F2N3O2/c14-9-5-4-8(7-10(9)15)13(20)18-11(12(17)19)3-1-2-6-16/h4-5,7,11H,1-3H2,(H2,17,19)(H,18,20)/t11-/m0/s1. The number of amides is 2. The second-order valence-electron chi connectivity index (χ2n) is 4.11. The molecular formula is C13H13F2N3O2. The first-order valence-corrected chi connectivity index (χ1v) is 5.88. The normalized spacial score (nSPS) is 11.4. The van der Waals surface area contributed by atoms with E-state index < -0.39 is 29.5 Å². The summed E-state index contributed by atoms with van der Waals surface area (Å²) >= 11 is 0. The molecule has 1 aromatic carbocycles. The van der Waals surface area contributed by atoms with E-state index in [4.69, 9.17) is 11.0 Å². The maximum atomic E-state index is 13.0. The van der Waals surface area contributed by atoms with Crippen molar-refractivity contribution < 1.29 is 18.4 Å². The number of nitrogens with one attached hydrogen (secondary N) is 1. The van der Waals surface area contributed by atoms with Gasteiger partial charge in [0.1, 0.15) is 6.04 Å². The molecule has 0 heterocycles. The Labute approximate surface area is 114 Å². The molecule has 0 fully saturated rings. The number of carbonyl (C=O) groups is 2. The molecule has 0 saturated heterocycles. The van der Waals surface area contributed by atoms with Crippen molar-refractivity contribution in [3.8, 4) is 6.07 Å². The van der Waals surface area contributed by atoms with E-state index >= 15 is 0 Å². The van der Waals surface area contributed by atoms with Gasteiger partial charge in [-0.3, -0.25) is 9.59 Å². The van der Waals surface area contributed by atoms with Crippen LogP contribution in [0.5, 0.6) is 0 Å². The highest BCUT2D eigenvalue weighted by Crippen LogP contribution is 2.09. The molecule has 0 aliphatic carbocycles. The molecule has 0 aromatic heterocycles. The largest absolute Gasteiger partial charge is 0.368 e. The SMILES string of the molecule is N#CCCC[C@H](NC(=O)c1ccc(F)c(F)c1)C(N)=O. The van der Waals surface area contributed by atoms with Gasteiger partial charge in [-0.2, -0.15) is 5.26 Å².